The molecule has 15 heavy (non-hydrogen) atoms. The summed E-state index contributed by atoms with van der Waals surface area (Å²) in [7, 11) is 1.58. The zero-order valence-electron chi connectivity index (χ0n) is 8.48. The van der Waals surface area contributed by atoms with E-state index >= 15 is 0 Å². The first-order valence-corrected chi connectivity index (χ1v) is 4.50. The molecule has 0 radical (unpaired) electrons. The van der Waals surface area contributed by atoms with E-state index in [1.807, 2.05) is 6.92 Å². The van der Waals surface area contributed by atoms with E-state index in [1.165, 1.54) is 6.20 Å². The van der Waals surface area contributed by atoms with Gasteiger partial charge in [0.05, 0.1) is 12.6 Å². The van der Waals surface area contributed by atoms with Crippen molar-refractivity contribution in [1.82, 2.24) is 4.57 Å². The van der Waals surface area contributed by atoms with E-state index in [9.17, 15) is 9.90 Å². The first-order chi connectivity index (χ1) is 7.13. The van der Waals surface area contributed by atoms with Crippen LogP contribution in [-0.2, 0) is 0 Å². The summed E-state index contributed by atoms with van der Waals surface area (Å²) in [5.41, 5.74) is 1.49. The highest BCUT2D eigenvalue weighted by Gasteiger charge is 2.06. The fourth-order valence-electron chi connectivity index (χ4n) is 1.73. The molecule has 0 N–H and O–H groups in total. The number of hydrogen-bond donors (Lipinski definition) is 0. The number of aromatic nitrogens is 1. The van der Waals surface area contributed by atoms with Crippen molar-refractivity contribution >= 4 is 17.0 Å². The minimum absolute atomic E-state index is 0.649. The van der Waals surface area contributed by atoms with Crippen molar-refractivity contribution < 1.29 is 14.6 Å². The molecule has 4 heteroatoms. The third-order valence-electron chi connectivity index (χ3n) is 2.38. The first-order valence-electron chi connectivity index (χ1n) is 4.50. The Morgan fingerprint density at radius 3 is 2.80 bits per heavy atom. The van der Waals surface area contributed by atoms with Crippen molar-refractivity contribution in [2.75, 3.05) is 7.11 Å². The van der Waals surface area contributed by atoms with Gasteiger partial charge in [-0.25, -0.2) is 0 Å². The molecule has 0 aliphatic heterocycles. The number of rotatable bonds is 1. The Morgan fingerprint density at radius 2 is 2.20 bits per heavy atom. The standard InChI is InChI=1S/C11H11NO3/c1-7-5-9(15-2)6-8-3-4-12(10(7)8)11(13)14/h3-6H,1-2H3,(H,13,14)/p-1. The second-order valence-electron chi connectivity index (χ2n) is 3.33. The van der Waals surface area contributed by atoms with Crippen LogP contribution < -0.4 is 9.84 Å². The van der Waals surface area contributed by atoms with Crippen LogP contribution in [0.1, 0.15) is 5.56 Å². The number of benzene rings is 1. The number of nitrogens with zero attached hydrogens (tertiary/aromatic N) is 1. The van der Waals surface area contributed by atoms with E-state index < -0.39 is 6.09 Å². The molecule has 0 unspecified atom stereocenters. The third-order valence-corrected chi connectivity index (χ3v) is 2.38. The van der Waals surface area contributed by atoms with Crippen molar-refractivity contribution in [2.45, 2.75) is 6.92 Å². The second-order valence-corrected chi connectivity index (χ2v) is 3.33. The van der Waals surface area contributed by atoms with Crippen LogP contribution in [0.2, 0.25) is 0 Å². The second kappa shape index (κ2) is 3.31. The molecule has 0 aliphatic carbocycles. The molecule has 0 atom stereocenters. The molecule has 0 aliphatic rings. The van der Waals surface area contributed by atoms with Crippen molar-refractivity contribution in [3.05, 3.63) is 30.0 Å². The van der Waals surface area contributed by atoms with Gasteiger partial charge in [0.15, 0.2) is 0 Å². The van der Waals surface area contributed by atoms with Crippen LogP contribution in [0.15, 0.2) is 24.4 Å². The zero-order valence-corrected chi connectivity index (χ0v) is 8.48. The molecule has 1 aromatic carbocycles. The average molecular weight is 204 g/mol. The van der Waals surface area contributed by atoms with E-state index in [2.05, 4.69) is 0 Å². The molecule has 0 amide bonds. The number of hydrogen-bond acceptors (Lipinski definition) is 3. The van der Waals surface area contributed by atoms with Crippen LogP contribution >= 0.6 is 0 Å². The molecule has 1 aromatic heterocycles. The normalized spacial score (nSPS) is 10.5. The van der Waals surface area contributed by atoms with Gasteiger partial charge in [-0.3, -0.25) is 0 Å². The quantitative estimate of drug-likeness (QED) is 0.700. The molecule has 0 fully saturated rings. The largest absolute Gasteiger partial charge is 0.529 e. The summed E-state index contributed by atoms with van der Waals surface area (Å²) < 4.78 is 6.20. The maximum atomic E-state index is 10.8. The molecule has 0 spiro atoms. The fourth-order valence-corrected chi connectivity index (χ4v) is 1.73. The fraction of sp³-hybridized carbons (Fsp3) is 0.182. The molecule has 0 bridgehead atoms. The number of ether oxygens (including phenoxy) is 1. The number of fused-ring (bicyclic) bond motifs is 1. The molecule has 2 rings (SSSR count). The number of carbonyl (C=O) groups excluding carboxylic acids is 1. The predicted octanol–water partition coefficient (Wildman–Crippen LogP) is 1.15. The molecular formula is C11H10NO3-. The van der Waals surface area contributed by atoms with Crippen molar-refractivity contribution in [2.24, 2.45) is 0 Å². The van der Waals surface area contributed by atoms with Gasteiger partial charge in [0.1, 0.15) is 11.8 Å². The van der Waals surface area contributed by atoms with Crippen LogP contribution in [0, 0.1) is 6.92 Å². The first kappa shape index (κ1) is 9.58. The van der Waals surface area contributed by atoms with Gasteiger partial charge in [-0.15, -0.1) is 0 Å². The lowest BCUT2D eigenvalue weighted by atomic mass is 10.1. The van der Waals surface area contributed by atoms with E-state index in [0.29, 0.717) is 5.52 Å². The number of carbonyl (C=O) groups is 1. The van der Waals surface area contributed by atoms with Gasteiger partial charge in [-0.05, 0) is 30.7 Å². The molecule has 2 aromatic rings. The van der Waals surface area contributed by atoms with Crippen molar-refractivity contribution in [1.29, 1.82) is 0 Å². The Kier molecular flexibility index (Phi) is 2.11. The van der Waals surface area contributed by atoms with E-state index in [1.54, 1.807) is 25.3 Å². The van der Waals surface area contributed by atoms with Gasteiger partial charge >= 0.3 is 0 Å². The maximum absolute atomic E-state index is 10.8. The Morgan fingerprint density at radius 1 is 1.47 bits per heavy atom. The monoisotopic (exact) mass is 204 g/mol. The summed E-state index contributed by atoms with van der Waals surface area (Å²) in [5.74, 6) is 0.719. The molecular weight excluding hydrogens is 194 g/mol. The number of methoxy groups -OCH3 is 1. The maximum Gasteiger partial charge on any atom is 0.146 e. The SMILES string of the molecule is COc1cc(C)c2c(ccn2C(=O)[O-])c1. The molecule has 0 saturated carbocycles. The van der Waals surface area contributed by atoms with E-state index in [4.69, 9.17) is 4.74 Å². The van der Waals surface area contributed by atoms with Crippen LogP contribution in [0.4, 0.5) is 4.79 Å². The lowest BCUT2D eigenvalue weighted by Gasteiger charge is -2.08. The number of aryl methyl sites for hydroxylation is 1. The Labute approximate surface area is 86.7 Å². The smallest absolute Gasteiger partial charge is 0.146 e. The average Bonchev–Trinajstić information content (AvgIpc) is 2.61. The van der Waals surface area contributed by atoms with Gasteiger partial charge in [0, 0.05) is 11.6 Å². The van der Waals surface area contributed by atoms with Crippen LogP contribution in [-0.4, -0.2) is 17.8 Å². The van der Waals surface area contributed by atoms with Crippen molar-refractivity contribution in [3.8, 4) is 5.75 Å². The lowest BCUT2D eigenvalue weighted by molar-refractivity contribution is -0.249. The molecule has 4 nitrogen and oxygen atoms in total. The van der Waals surface area contributed by atoms with Crippen molar-refractivity contribution in [3.63, 3.8) is 0 Å². The summed E-state index contributed by atoms with van der Waals surface area (Å²) in [6.07, 6.45) is 0.255. The Bertz CT molecular complexity index is 528. The number of carboxylic acid groups (broad SMARTS) is 1. The minimum Gasteiger partial charge on any atom is -0.529 e. The highest BCUT2D eigenvalue weighted by atomic mass is 16.5. The zero-order chi connectivity index (χ0) is 11.0. The lowest BCUT2D eigenvalue weighted by Crippen LogP contribution is -2.28. The third kappa shape index (κ3) is 1.44. The molecule has 0 saturated heterocycles. The summed E-state index contributed by atoms with van der Waals surface area (Å²) in [4.78, 5) is 10.8. The molecule has 78 valence electrons. The summed E-state index contributed by atoms with van der Waals surface area (Å²) in [6.45, 7) is 1.84. The topological polar surface area (TPSA) is 54.3 Å². The van der Waals surface area contributed by atoms with Crippen LogP contribution in [0.3, 0.4) is 0 Å². The van der Waals surface area contributed by atoms with E-state index in [-0.39, 0.29) is 0 Å². The van der Waals surface area contributed by atoms with Crippen LogP contribution in [0.5, 0.6) is 5.75 Å². The minimum atomic E-state index is -1.22. The van der Waals surface area contributed by atoms with Gasteiger partial charge in [-0.1, -0.05) is 0 Å². The van der Waals surface area contributed by atoms with Gasteiger partial charge < -0.3 is 19.2 Å². The van der Waals surface area contributed by atoms with Gasteiger partial charge in [0.2, 0.25) is 0 Å². The summed E-state index contributed by atoms with van der Waals surface area (Å²) in [5, 5.41) is 11.6. The predicted molar refractivity (Wildman–Crippen MR) is 54.0 cm³/mol. The highest BCUT2D eigenvalue weighted by Crippen LogP contribution is 2.25. The van der Waals surface area contributed by atoms with E-state index in [0.717, 1.165) is 21.3 Å². The summed E-state index contributed by atoms with van der Waals surface area (Å²) in [6, 6.07) is 5.31. The molecule has 1 heterocycles. The summed E-state index contributed by atoms with van der Waals surface area (Å²) >= 11 is 0. The highest BCUT2D eigenvalue weighted by molar-refractivity contribution is 5.91. The Hall–Kier alpha value is -1.97. The van der Waals surface area contributed by atoms with Gasteiger partial charge in [0.25, 0.3) is 0 Å². The Balaban J connectivity index is 2.77. The van der Waals surface area contributed by atoms with Crippen LogP contribution in [0.25, 0.3) is 10.9 Å². The van der Waals surface area contributed by atoms with Gasteiger partial charge in [-0.2, -0.15) is 0 Å².